The molecule has 0 spiro atoms. The molecule has 15 heavy (non-hydrogen) atoms. The summed E-state index contributed by atoms with van der Waals surface area (Å²) in [6.45, 7) is 8.96. The van der Waals surface area contributed by atoms with Crippen LogP contribution in [0.3, 0.4) is 0 Å². The zero-order chi connectivity index (χ0) is 11.5. The van der Waals surface area contributed by atoms with E-state index in [1.54, 1.807) is 11.1 Å². The van der Waals surface area contributed by atoms with Crippen molar-refractivity contribution in [2.75, 3.05) is 0 Å². The lowest BCUT2D eigenvalue weighted by Gasteiger charge is -2.33. The van der Waals surface area contributed by atoms with Crippen LogP contribution in [0.15, 0.2) is 11.1 Å². The van der Waals surface area contributed by atoms with Crippen molar-refractivity contribution in [3.8, 4) is 0 Å². The van der Waals surface area contributed by atoms with Gasteiger partial charge in [-0.25, -0.2) is 0 Å². The van der Waals surface area contributed by atoms with Gasteiger partial charge in [-0.3, -0.25) is 0 Å². The molecule has 0 aromatic carbocycles. The monoisotopic (exact) mass is 208 g/mol. The largest absolute Gasteiger partial charge is 0.303 e. The van der Waals surface area contributed by atoms with Gasteiger partial charge in [-0.1, -0.05) is 31.9 Å². The molecule has 0 fully saturated rings. The first-order valence-corrected chi connectivity index (χ1v) is 6.12. The molecule has 1 aliphatic carbocycles. The molecule has 0 saturated carbocycles. The van der Waals surface area contributed by atoms with E-state index < -0.39 is 0 Å². The molecule has 1 heteroatoms. The fourth-order valence-corrected chi connectivity index (χ4v) is 2.38. The van der Waals surface area contributed by atoms with Crippen LogP contribution in [0.5, 0.6) is 0 Å². The summed E-state index contributed by atoms with van der Waals surface area (Å²) in [6.07, 6.45) is 7.09. The number of hydrogen-bond acceptors (Lipinski definition) is 1. The predicted molar refractivity (Wildman–Crippen MR) is 64.8 cm³/mol. The van der Waals surface area contributed by atoms with E-state index in [2.05, 4.69) is 20.8 Å². The third kappa shape index (κ3) is 3.19. The van der Waals surface area contributed by atoms with Gasteiger partial charge in [-0.2, -0.15) is 0 Å². The zero-order valence-electron chi connectivity index (χ0n) is 10.6. The van der Waals surface area contributed by atoms with E-state index in [4.69, 9.17) is 0 Å². The van der Waals surface area contributed by atoms with Crippen LogP contribution in [0.25, 0.3) is 0 Å². The molecular weight excluding hydrogens is 184 g/mol. The second kappa shape index (κ2) is 4.96. The highest BCUT2D eigenvalue weighted by molar-refractivity contribution is 5.52. The van der Waals surface area contributed by atoms with Crippen LogP contribution in [-0.4, -0.2) is 6.29 Å². The number of rotatable bonds is 4. The predicted octanol–water partition coefficient (Wildman–Crippen LogP) is 4.13. The van der Waals surface area contributed by atoms with E-state index in [1.165, 1.54) is 19.3 Å². The minimum absolute atomic E-state index is 0.218. The summed E-state index contributed by atoms with van der Waals surface area (Å²) >= 11 is 0. The van der Waals surface area contributed by atoms with Gasteiger partial charge in [0.25, 0.3) is 0 Å². The average Bonchev–Trinajstić information content (AvgIpc) is 2.19. The number of carbonyl (C=O) groups is 1. The summed E-state index contributed by atoms with van der Waals surface area (Å²) in [5.41, 5.74) is 3.57. The van der Waals surface area contributed by atoms with Crippen LogP contribution in [0.1, 0.15) is 59.8 Å². The van der Waals surface area contributed by atoms with Gasteiger partial charge in [0.05, 0.1) is 0 Å². The van der Waals surface area contributed by atoms with E-state index in [-0.39, 0.29) is 5.92 Å². The van der Waals surface area contributed by atoms with Crippen LogP contribution in [0.2, 0.25) is 0 Å². The lowest BCUT2D eigenvalue weighted by Crippen LogP contribution is -2.19. The highest BCUT2D eigenvalue weighted by atomic mass is 16.1. The molecule has 1 unspecified atom stereocenters. The Bertz CT molecular complexity index is 261. The minimum atomic E-state index is 0.218. The summed E-state index contributed by atoms with van der Waals surface area (Å²) in [5.74, 6) is 0.218. The standard InChI is InChI=1S/C14H24O/c1-11(10-15)7-8-13-6-5-9-14(3,4)12(13)2/h10-11H,5-9H2,1-4H3. The van der Waals surface area contributed by atoms with Crippen molar-refractivity contribution in [2.45, 2.75) is 59.8 Å². The molecule has 0 radical (unpaired) electrons. The van der Waals surface area contributed by atoms with Gasteiger partial charge in [-0.05, 0) is 44.4 Å². The molecule has 1 rings (SSSR count). The molecule has 1 aliphatic rings. The first kappa shape index (κ1) is 12.5. The second-order valence-corrected chi connectivity index (χ2v) is 5.62. The van der Waals surface area contributed by atoms with Crippen LogP contribution in [-0.2, 0) is 4.79 Å². The Hall–Kier alpha value is -0.590. The zero-order valence-corrected chi connectivity index (χ0v) is 10.6. The molecule has 0 heterocycles. The molecule has 86 valence electrons. The first-order valence-electron chi connectivity index (χ1n) is 6.12. The van der Waals surface area contributed by atoms with E-state index >= 15 is 0 Å². The van der Waals surface area contributed by atoms with Crippen molar-refractivity contribution in [3.05, 3.63) is 11.1 Å². The van der Waals surface area contributed by atoms with Crippen LogP contribution in [0.4, 0.5) is 0 Å². The normalized spacial score (nSPS) is 22.7. The van der Waals surface area contributed by atoms with Crippen molar-refractivity contribution >= 4 is 6.29 Å². The topological polar surface area (TPSA) is 17.1 Å². The summed E-state index contributed by atoms with van der Waals surface area (Å²) in [4.78, 5) is 10.6. The lowest BCUT2D eigenvalue weighted by molar-refractivity contribution is -0.110. The maximum Gasteiger partial charge on any atom is 0.122 e. The second-order valence-electron chi connectivity index (χ2n) is 5.62. The van der Waals surface area contributed by atoms with Crippen molar-refractivity contribution in [1.29, 1.82) is 0 Å². The van der Waals surface area contributed by atoms with Crippen molar-refractivity contribution in [2.24, 2.45) is 11.3 Å². The summed E-state index contributed by atoms with van der Waals surface area (Å²) in [6, 6.07) is 0. The maximum absolute atomic E-state index is 10.6. The number of allylic oxidation sites excluding steroid dienone is 2. The van der Waals surface area contributed by atoms with Gasteiger partial charge in [0, 0.05) is 5.92 Å². The van der Waals surface area contributed by atoms with E-state index in [1.807, 2.05) is 6.92 Å². The van der Waals surface area contributed by atoms with Gasteiger partial charge in [-0.15, -0.1) is 0 Å². The Morgan fingerprint density at radius 2 is 2.13 bits per heavy atom. The summed E-state index contributed by atoms with van der Waals surface area (Å²) in [5, 5.41) is 0. The summed E-state index contributed by atoms with van der Waals surface area (Å²) in [7, 11) is 0. The molecule has 0 aliphatic heterocycles. The Morgan fingerprint density at radius 3 is 2.73 bits per heavy atom. The van der Waals surface area contributed by atoms with Gasteiger partial charge < -0.3 is 4.79 Å². The number of hydrogen-bond donors (Lipinski definition) is 0. The van der Waals surface area contributed by atoms with Crippen LogP contribution in [0, 0.1) is 11.3 Å². The van der Waals surface area contributed by atoms with Crippen molar-refractivity contribution in [3.63, 3.8) is 0 Å². The van der Waals surface area contributed by atoms with Gasteiger partial charge in [0.1, 0.15) is 6.29 Å². The third-order valence-corrected chi connectivity index (χ3v) is 3.96. The van der Waals surface area contributed by atoms with Gasteiger partial charge in [0.15, 0.2) is 0 Å². The molecule has 1 nitrogen and oxygen atoms in total. The molecule has 0 bridgehead atoms. The Labute approximate surface area is 93.9 Å². The maximum atomic E-state index is 10.6. The van der Waals surface area contributed by atoms with Crippen LogP contribution < -0.4 is 0 Å². The quantitative estimate of drug-likeness (QED) is 0.501. The van der Waals surface area contributed by atoms with Crippen molar-refractivity contribution in [1.82, 2.24) is 0 Å². The Morgan fingerprint density at radius 1 is 1.47 bits per heavy atom. The van der Waals surface area contributed by atoms with E-state index in [0.717, 1.165) is 19.1 Å². The summed E-state index contributed by atoms with van der Waals surface area (Å²) < 4.78 is 0. The highest BCUT2D eigenvalue weighted by Gasteiger charge is 2.26. The van der Waals surface area contributed by atoms with Crippen molar-refractivity contribution < 1.29 is 4.79 Å². The SMILES string of the molecule is CC1=C(CCC(C)C=O)CCCC1(C)C. The number of aldehydes is 1. The van der Waals surface area contributed by atoms with E-state index in [0.29, 0.717) is 5.41 Å². The average molecular weight is 208 g/mol. The molecule has 0 aromatic heterocycles. The molecule has 0 N–H and O–H groups in total. The molecular formula is C14H24O. The fraction of sp³-hybridized carbons (Fsp3) is 0.786. The molecule has 0 amide bonds. The lowest BCUT2D eigenvalue weighted by atomic mass is 9.72. The molecule has 0 aromatic rings. The number of carbonyl (C=O) groups excluding carboxylic acids is 1. The van der Waals surface area contributed by atoms with E-state index in [9.17, 15) is 4.79 Å². The van der Waals surface area contributed by atoms with Gasteiger partial charge in [0.2, 0.25) is 0 Å². The highest BCUT2D eigenvalue weighted by Crippen LogP contribution is 2.41. The first-order chi connectivity index (χ1) is 6.97. The Kier molecular flexibility index (Phi) is 4.12. The van der Waals surface area contributed by atoms with Gasteiger partial charge >= 0.3 is 0 Å². The smallest absolute Gasteiger partial charge is 0.122 e. The third-order valence-electron chi connectivity index (χ3n) is 3.96. The molecule has 1 atom stereocenters. The van der Waals surface area contributed by atoms with Crippen LogP contribution >= 0.6 is 0 Å². The minimum Gasteiger partial charge on any atom is -0.303 e. The fourth-order valence-electron chi connectivity index (χ4n) is 2.38. The Balaban J connectivity index is 2.63. The molecule has 0 saturated heterocycles.